The molecule has 0 aliphatic rings. The minimum absolute atomic E-state index is 0.600. The lowest BCUT2D eigenvalue weighted by Crippen LogP contribution is -2.38. The summed E-state index contributed by atoms with van der Waals surface area (Å²) in [5.74, 6) is 1.68. The van der Waals surface area contributed by atoms with Gasteiger partial charge < -0.3 is 15.4 Å². The highest BCUT2D eigenvalue weighted by molar-refractivity contribution is 7.09. The lowest BCUT2D eigenvalue weighted by atomic mass is 10.2. The lowest BCUT2D eigenvalue weighted by Gasteiger charge is -2.12. The first-order valence-corrected chi connectivity index (χ1v) is 7.82. The van der Waals surface area contributed by atoms with Crippen molar-refractivity contribution in [2.75, 3.05) is 20.2 Å². The Kier molecular flexibility index (Phi) is 6.09. The number of rotatable bonds is 6. The summed E-state index contributed by atoms with van der Waals surface area (Å²) < 4.78 is 5.66. The summed E-state index contributed by atoms with van der Waals surface area (Å²) >= 11 is 1.73. The Balaban J connectivity index is 1.65. The van der Waals surface area contributed by atoms with E-state index < -0.39 is 0 Å². The van der Waals surface area contributed by atoms with Gasteiger partial charge in [0, 0.05) is 11.9 Å². The zero-order valence-electron chi connectivity index (χ0n) is 12.4. The van der Waals surface area contributed by atoms with Crippen molar-refractivity contribution < 1.29 is 4.74 Å². The smallest absolute Gasteiger partial charge is 0.191 e. The highest BCUT2D eigenvalue weighted by Crippen LogP contribution is 2.10. The van der Waals surface area contributed by atoms with Crippen molar-refractivity contribution in [2.24, 2.45) is 4.99 Å². The van der Waals surface area contributed by atoms with Crippen molar-refractivity contribution in [3.05, 3.63) is 52.2 Å². The van der Waals surface area contributed by atoms with Gasteiger partial charge in [-0.05, 0) is 30.5 Å². The Morgan fingerprint density at radius 2 is 2.00 bits per heavy atom. The molecule has 1 aromatic heterocycles. The number of guanidine groups is 1. The van der Waals surface area contributed by atoms with E-state index in [1.54, 1.807) is 18.4 Å². The molecule has 0 radical (unpaired) electrons. The van der Waals surface area contributed by atoms with Crippen molar-refractivity contribution in [1.82, 2.24) is 10.6 Å². The van der Waals surface area contributed by atoms with Crippen LogP contribution in [-0.4, -0.2) is 26.2 Å². The van der Waals surface area contributed by atoms with Crippen LogP contribution in [0.15, 0.2) is 46.8 Å². The molecule has 112 valence electrons. The summed E-state index contributed by atoms with van der Waals surface area (Å²) in [7, 11) is 1.77. The molecule has 5 heteroatoms. The molecule has 21 heavy (non-hydrogen) atoms. The second-order valence-corrected chi connectivity index (χ2v) is 5.63. The van der Waals surface area contributed by atoms with Crippen LogP contribution in [0, 0.1) is 6.92 Å². The van der Waals surface area contributed by atoms with Gasteiger partial charge >= 0.3 is 0 Å². The van der Waals surface area contributed by atoms with Crippen molar-refractivity contribution in [1.29, 1.82) is 0 Å². The predicted octanol–water partition coefficient (Wildman–Crippen LogP) is 2.80. The first-order valence-electron chi connectivity index (χ1n) is 6.94. The maximum atomic E-state index is 5.66. The average molecular weight is 303 g/mol. The number of nitrogens with zero attached hydrogens (tertiary/aromatic N) is 1. The van der Waals surface area contributed by atoms with Crippen LogP contribution in [0.1, 0.15) is 10.4 Å². The summed E-state index contributed by atoms with van der Waals surface area (Å²) in [5.41, 5.74) is 1.23. The third-order valence-electron chi connectivity index (χ3n) is 2.92. The number of aryl methyl sites for hydroxylation is 1. The second kappa shape index (κ2) is 8.32. The fourth-order valence-corrected chi connectivity index (χ4v) is 2.42. The number of aliphatic imine (C=N–C) groups is 1. The van der Waals surface area contributed by atoms with Gasteiger partial charge in [-0.1, -0.05) is 23.8 Å². The van der Waals surface area contributed by atoms with Crippen molar-refractivity contribution in [3.63, 3.8) is 0 Å². The van der Waals surface area contributed by atoms with E-state index in [-0.39, 0.29) is 0 Å². The van der Waals surface area contributed by atoms with E-state index >= 15 is 0 Å². The summed E-state index contributed by atoms with van der Waals surface area (Å²) in [6.07, 6.45) is 0. The SMILES string of the molecule is CN=C(NCCOc1ccc(C)cc1)NCc1cccs1. The maximum absolute atomic E-state index is 5.66. The van der Waals surface area contributed by atoms with Gasteiger partial charge in [0.25, 0.3) is 0 Å². The van der Waals surface area contributed by atoms with Crippen LogP contribution in [-0.2, 0) is 6.54 Å². The molecule has 0 spiro atoms. The van der Waals surface area contributed by atoms with Gasteiger partial charge in [0.15, 0.2) is 5.96 Å². The first-order chi connectivity index (χ1) is 10.3. The number of nitrogens with one attached hydrogen (secondary N) is 2. The molecule has 0 aliphatic carbocycles. The van der Waals surface area contributed by atoms with Crippen molar-refractivity contribution >= 4 is 17.3 Å². The third kappa shape index (κ3) is 5.47. The molecule has 1 aromatic carbocycles. The van der Waals surface area contributed by atoms with Gasteiger partial charge in [-0.3, -0.25) is 4.99 Å². The van der Waals surface area contributed by atoms with Gasteiger partial charge in [0.2, 0.25) is 0 Å². The quantitative estimate of drug-likeness (QED) is 0.490. The summed E-state index contributed by atoms with van der Waals surface area (Å²) in [4.78, 5) is 5.47. The van der Waals surface area contributed by atoms with Crippen LogP contribution in [0.5, 0.6) is 5.75 Å². The lowest BCUT2D eigenvalue weighted by molar-refractivity contribution is 0.322. The Morgan fingerprint density at radius 1 is 1.19 bits per heavy atom. The third-order valence-corrected chi connectivity index (χ3v) is 3.79. The molecular weight excluding hydrogens is 282 g/mol. The van der Waals surface area contributed by atoms with Crippen molar-refractivity contribution in [3.8, 4) is 5.75 Å². The van der Waals surface area contributed by atoms with Gasteiger partial charge in [0.05, 0.1) is 13.1 Å². The standard InChI is InChI=1S/C16H21N3OS/c1-13-5-7-14(8-6-13)20-10-9-18-16(17-2)19-12-15-4-3-11-21-15/h3-8,11H,9-10,12H2,1-2H3,(H2,17,18,19). The van der Waals surface area contributed by atoms with E-state index in [4.69, 9.17) is 4.74 Å². The minimum Gasteiger partial charge on any atom is -0.492 e. The Labute approximate surface area is 129 Å². The van der Waals surface area contributed by atoms with Crippen LogP contribution in [0.25, 0.3) is 0 Å². The van der Waals surface area contributed by atoms with Gasteiger partial charge in [-0.2, -0.15) is 0 Å². The van der Waals surface area contributed by atoms with Gasteiger partial charge in [0.1, 0.15) is 12.4 Å². The summed E-state index contributed by atoms with van der Waals surface area (Å²) in [5, 5.41) is 8.58. The molecule has 2 N–H and O–H groups in total. The summed E-state index contributed by atoms with van der Waals surface area (Å²) in [6.45, 7) is 4.16. The second-order valence-electron chi connectivity index (χ2n) is 4.59. The highest BCUT2D eigenvalue weighted by Gasteiger charge is 1.99. The van der Waals surface area contributed by atoms with E-state index in [9.17, 15) is 0 Å². The molecular formula is C16H21N3OS. The molecule has 2 rings (SSSR count). The molecule has 0 aliphatic heterocycles. The highest BCUT2D eigenvalue weighted by atomic mass is 32.1. The number of ether oxygens (including phenoxy) is 1. The number of hydrogen-bond acceptors (Lipinski definition) is 3. The Morgan fingerprint density at radius 3 is 2.67 bits per heavy atom. The molecule has 1 heterocycles. The van der Waals surface area contributed by atoms with Crippen LogP contribution >= 0.6 is 11.3 Å². The molecule has 0 bridgehead atoms. The molecule has 2 aromatic rings. The van der Waals surface area contributed by atoms with E-state index in [2.05, 4.69) is 34.0 Å². The number of benzene rings is 1. The molecule has 0 fully saturated rings. The van der Waals surface area contributed by atoms with E-state index in [0.717, 1.165) is 18.3 Å². The van der Waals surface area contributed by atoms with Crippen LogP contribution in [0.2, 0.25) is 0 Å². The molecule has 0 atom stereocenters. The Bertz CT molecular complexity index is 549. The zero-order chi connectivity index (χ0) is 14.9. The van der Waals surface area contributed by atoms with Gasteiger partial charge in [-0.15, -0.1) is 11.3 Å². The van der Waals surface area contributed by atoms with E-state index in [0.29, 0.717) is 13.2 Å². The maximum Gasteiger partial charge on any atom is 0.191 e. The fraction of sp³-hybridized carbons (Fsp3) is 0.312. The first kappa shape index (κ1) is 15.4. The zero-order valence-corrected chi connectivity index (χ0v) is 13.2. The van der Waals surface area contributed by atoms with Crippen LogP contribution < -0.4 is 15.4 Å². The molecule has 0 saturated heterocycles. The van der Waals surface area contributed by atoms with E-state index in [1.807, 2.05) is 30.3 Å². The fourth-order valence-electron chi connectivity index (χ4n) is 1.78. The Hall–Kier alpha value is -2.01. The predicted molar refractivity (Wildman–Crippen MR) is 89.2 cm³/mol. The molecule has 0 unspecified atom stereocenters. The number of thiophene rings is 1. The summed E-state index contributed by atoms with van der Waals surface area (Å²) in [6, 6.07) is 12.2. The topological polar surface area (TPSA) is 45.7 Å². The van der Waals surface area contributed by atoms with Gasteiger partial charge in [-0.25, -0.2) is 0 Å². The number of hydrogen-bond donors (Lipinski definition) is 2. The minimum atomic E-state index is 0.600. The normalized spacial score (nSPS) is 11.2. The monoisotopic (exact) mass is 303 g/mol. The van der Waals surface area contributed by atoms with Crippen LogP contribution in [0.4, 0.5) is 0 Å². The largest absolute Gasteiger partial charge is 0.492 e. The van der Waals surface area contributed by atoms with Crippen molar-refractivity contribution in [2.45, 2.75) is 13.5 Å². The average Bonchev–Trinajstić information content (AvgIpc) is 3.02. The van der Waals surface area contributed by atoms with Crippen LogP contribution in [0.3, 0.4) is 0 Å². The molecule has 0 saturated carbocycles. The van der Waals surface area contributed by atoms with E-state index in [1.165, 1.54) is 10.4 Å². The molecule has 4 nitrogen and oxygen atoms in total. The molecule has 0 amide bonds.